The monoisotopic (exact) mass is 319 g/mol. The second-order valence-corrected chi connectivity index (χ2v) is 6.70. The second kappa shape index (κ2) is 8.25. The van der Waals surface area contributed by atoms with Gasteiger partial charge in [-0.1, -0.05) is 31.2 Å². The number of morpholine rings is 1. The summed E-state index contributed by atoms with van der Waals surface area (Å²) in [6.07, 6.45) is 4.13. The lowest BCUT2D eigenvalue weighted by atomic mass is 9.89. The number of benzene rings is 1. The van der Waals surface area contributed by atoms with Gasteiger partial charge < -0.3 is 14.6 Å². The highest BCUT2D eigenvalue weighted by molar-refractivity contribution is 5.31. The SMILES string of the molecule is CCC1COCCN1CC(O)COC1CCCc2ccccc21. The molecule has 0 aromatic heterocycles. The number of ether oxygens (including phenoxy) is 2. The van der Waals surface area contributed by atoms with Crippen LogP contribution in [0.2, 0.25) is 0 Å². The van der Waals surface area contributed by atoms with Crippen molar-refractivity contribution >= 4 is 0 Å². The molecule has 3 rings (SSSR count). The van der Waals surface area contributed by atoms with Crippen LogP contribution in [-0.4, -0.2) is 55.1 Å². The Morgan fingerprint density at radius 3 is 3.13 bits per heavy atom. The van der Waals surface area contributed by atoms with Gasteiger partial charge in [-0.05, 0) is 36.8 Å². The molecule has 2 aliphatic rings. The number of β-amino-alcohol motifs (C(OH)–C–C–N with tert-alkyl or cyclic N) is 1. The molecule has 1 aromatic rings. The molecule has 0 saturated carbocycles. The van der Waals surface area contributed by atoms with E-state index in [2.05, 4.69) is 36.1 Å². The van der Waals surface area contributed by atoms with Gasteiger partial charge in [-0.15, -0.1) is 0 Å². The third kappa shape index (κ3) is 4.32. The van der Waals surface area contributed by atoms with Gasteiger partial charge in [-0.3, -0.25) is 4.90 Å². The topological polar surface area (TPSA) is 41.9 Å². The summed E-state index contributed by atoms with van der Waals surface area (Å²) in [5.74, 6) is 0. The van der Waals surface area contributed by atoms with E-state index in [1.807, 2.05) is 0 Å². The smallest absolute Gasteiger partial charge is 0.0900 e. The van der Waals surface area contributed by atoms with Crippen LogP contribution in [-0.2, 0) is 15.9 Å². The average Bonchev–Trinajstić information content (AvgIpc) is 2.60. The molecule has 0 radical (unpaired) electrons. The lowest BCUT2D eigenvalue weighted by molar-refractivity contribution is -0.0585. The largest absolute Gasteiger partial charge is 0.389 e. The van der Waals surface area contributed by atoms with Gasteiger partial charge in [0.2, 0.25) is 0 Å². The van der Waals surface area contributed by atoms with E-state index in [1.165, 1.54) is 17.5 Å². The van der Waals surface area contributed by atoms with Gasteiger partial charge in [0.05, 0.1) is 32.0 Å². The first-order valence-corrected chi connectivity index (χ1v) is 8.97. The van der Waals surface area contributed by atoms with Crippen molar-refractivity contribution in [1.29, 1.82) is 0 Å². The zero-order valence-corrected chi connectivity index (χ0v) is 14.1. The zero-order chi connectivity index (χ0) is 16.1. The Balaban J connectivity index is 1.50. The highest BCUT2D eigenvalue weighted by atomic mass is 16.5. The maximum absolute atomic E-state index is 10.4. The van der Waals surface area contributed by atoms with Crippen molar-refractivity contribution in [2.24, 2.45) is 0 Å². The summed E-state index contributed by atoms with van der Waals surface area (Å²) in [5, 5.41) is 10.4. The molecule has 1 fully saturated rings. The Bertz CT molecular complexity index is 493. The molecule has 4 nitrogen and oxygen atoms in total. The van der Waals surface area contributed by atoms with Crippen molar-refractivity contribution in [3.8, 4) is 0 Å². The molecule has 0 amide bonds. The molecule has 1 heterocycles. The minimum absolute atomic E-state index is 0.140. The van der Waals surface area contributed by atoms with Gasteiger partial charge in [-0.25, -0.2) is 0 Å². The van der Waals surface area contributed by atoms with Gasteiger partial charge in [0.15, 0.2) is 0 Å². The first-order chi connectivity index (χ1) is 11.3. The lowest BCUT2D eigenvalue weighted by Crippen LogP contribution is -2.48. The van der Waals surface area contributed by atoms with E-state index < -0.39 is 6.10 Å². The Kier molecular flexibility index (Phi) is 6.06. The van der Waals surface area contributed by atoms with Gasteiger partial charge in [0.1, 0.15) is 0 Å². The molecule has 3 unspecified atom stereocenters. The predicted molar refractivity (Wildman–Crippen MR) is 90.6 cm³/mol. The fourth-order valence-corrected chi connectivity index (χ4v) is 3.74. The van der Waals surface area contributed by atoms with Crippen LogP contribution in [0.3, 0.4) is 0 Å². The number of aliphatic hydroxyl groups is 1. The Labute approximate surface area is 139 Å². The fraction of sp³-hybridized carbons (Fsp3) is 0.684. The molecule has 4 heteroatoms. The molecule has 1 aromatic carbocycles. The molecule has 128 valence electrons. The van der Waals surface area contributed by atoms with E-state index in [9.17, 15) is 5.11 Å². The number of rotatable bonds is 6. The van der Waals surface area contributed by atoms with Crippen molar-refractivity contribution in [2.45, 2.75) is 50.9 Å². The van der Waals surface area contributed by atoms with Gasteiger partial charge in [0, 0.05) is 19.1 Å². The first kappa shape index (κ1) is 16.9. The standard InChI is InChI=1S/C19H29NO3/c1-2-16-13-22-11-10-20(16)12-17(21)14-23-19-9-5-7-15-6-3-4-8-18(15)19/h3-4,6,8,16-17,19,21H,2,5,7,9-14H2,1H3. The number of nitrogens with zero attached hydrogens (tertiary/aromatic N) is 1. The molecule has 1 N–H and O–H groups in total. The first-order valence-electron chi connectivity index (χ1n) is 8.97. The molecule has 1 aliphatic carbocycles. The summed E-state index contributed by atoms with van der Waals surface area (Å²) in [5.41, 5.74) is 2.71. The summed E-state index contributed by atoms with van der Waals surface area (Å²) in [7, 11) is 0. The summed E-state index contributed by atoms with van der Waals surface area (Å²) < 4.78 is 11.6. The van der Waals surface area contributed by atoms with E-state index >= 15 is 0 Å². The highest BCUT2D eigenvalue weighted by Gasteiger charge is 2.25. The Morgan fingerprint density at radius 1 is 1.39 bits per heavy atom. The van der Waals surface area contributed by atoms with Crippen molar-refractivity contribution in [1.82, 2.24) is 4.90 Å². The molecule has 1 saturated heterocycles. The summed E-state index contributed by atoms with van der Waals surface area (Å²) in [6.45, 7) is 5.71. The molecule has 0 spiro atoms. The van der Waals surface area contributed by atoms with Crippen LogP contribution >= 0.6 is 0 Å². The van der Waals surface area contributed by atoms with Crippen molar-refractivity contribution in [3.05, 3.63) is 35.4 Å². The quantitative estimate of drug-likeness (QED) is 0.875. The van der Waals surface area contributed by atoms with Crippen molar-refractivity contribution < 1.29 is 14.6 Å². The van der Waals surface area contributed by atoms with Crippen molar-refractivity contribution in [3.63, 3.8) is 0 Å². The van der Waals surface area contributed by atoms with E-state index in [0.717, 1.165) is 39.0 Å². The van der Waals surface area contributed by atoms with E-state index in [-0.39, 0.29) is 6.10 Å². The Morgan fingerprint density at radius 2 is 2.26 bits per heavy atom. The van der Waals surface area contributed by atoms with Crippen molar-refractivity contribution in [2.75, 3.05) is 32.9 Å². The van der Waals surface area contributed by atoms with Crippen LogP contribution in [0.5, 0.6) is 0 Å². The molecular formula is C19H29NO3. The van der Waals surface area contributed by atoms with Crippen LogP contribution in [0.1, 0.15) is 43.4 Å². The number of aryl methyl sites for hydroxylation is 1. The predicted octanol–water partition coefficient (Wildman–Crippen LogP) is 2.55. The minimum Gasteiger partial charge on any atom is -0.389 e. The Hall–Kier alpha value is -0.940. The molecule has 23 heavy (non-hydrogen) atoms. The van der Waals surface area contributed by atoms with E-state index in [1.54, 1.807) is 0 Å². The summed E-state index contributed by atoms with van der Waals surface area (Å²) >= 11 is 0. The van der Waals surface area contributed by atoms with Crippen LogP contribution in [0, 0.1) is 0 Å². The second-order valence-electron chi connectivity index (χ2n) is 6.70. The van der Waals surface area contributed by atoms with Crippen LogP contribution in [0.4, 0.5) is 0 Å². The molecule has 3 atom stereocenters. The zero-order valence-electron chi connectivity index (χ0n) is 14.1. The van der Waals surface area contributed by atoms with Gasteiger partial charge >= 0.3 is 0 Å². The molecule has 0 bridgehead atoms. The lowest BCUT2D eigenvalue weighted by Gasteiger charge is -2.36. The average molecular weight is 319 g/mol. The number of aliphatic hydroxyl groups excluding tert-OH is 1. The minimum atomic E-state index is -0.434. The third-order valence-corrected chi connectivity index (χ3v) is 5.07. The number of fused-ring (bicyclic) bond motifs is 1. The fourth-order valence-electron chi connectivity index (χ4n) is 3.74. The maximum atomic E-state index is 10.4. The third-order valence-electron chi connectivity index (χ3n) is 5.07. The maximum Gasteiger partial charge on any atom is 0.0900 e. The van der Waals surface area contributed by atoms with Crippen LogP contribution in [0.15, 0.2) is 24.3 Å². The van der Waals surface area contributed by atoms with Gasteiger partial charge in [0.25, 0.3) is 0 Å². The normalized spacial score (nSPS) is 26.7. The summed E-state index contributed by atoms with van der Waals surface area (Å²) in [6, 6.07) is 8.96. The van der Waals surface area contributed by atoms with Crippen LogP contribution in [0.25, 0.3) is 0 Å². The number of hydrogen-bond donors (Lipinski definition) is 1. The van der Waals surface area contributed by atoms with Crippen LogP contribution < -0.4 is 0 Å². The number of hydrogen-bond acceptors (Lipinski definition) is 4. The van der Waals surface area contributed by atoms with Gasteiger partial charge in [-0.2, -0.15) is 0 Å². The van der Waals surface area contributed by atoms with E-state index in [4.69, 9.17) is 9.47 Å². The molecule has 1 aliphatic heterocycles. The molecular weight excluding hydrogens is 290 g/mol. The van der Waals surface area contributed by atoms with E-state index in [0.29, 0.717) is 19.2 Å². The highest BCUT2D eigenvalue weighted by Crippen LogP contribution is 2.32. The summed E-state index contributed by atoms with van der Waals surface area (Å²) in [4.78, 5) is 2.34.